The van der Waals surface area contributed by atoms with Crippen molar-refractivity contribution in [3.63, 3.8) is 0 Å². The molecular formula is C16H24BrN. The Bertz CT molecular complexity index is 369. The molecule has 1 aromatic rings. The Kier molecular flexibility index (Phi) is 5.25. The molecule has 1 saturated carbocycles. The minimum absolute atomic E-state index is 0.501. The van der Waals surface area contributed by atoms with Gasteiger partial charge in [-0.2, -0.15) is 0 Å². The molecule has 1 aliphatic rings. The summed E-state index contributed by atoms with van der Waals surface area (Å²) in [5.74, 6) is 0.925. The number of nitrogens with one attached hydrogen (secondary N) is 1. The quantitative estimate of drug-likeness (QED) is 0.819. The predicted octanol–water partition coefficient (Wildman–Crippen LogP) is 5.07. The van der Waals surface area contributed by atoms with Crippen molar-refractivity contribution in [3.8, 4) is 0 Å². The van der Waals surface area contributed by atoms with Crippen LogP contribution in [0.25, 0.3) is 0 Å². The number of hydrogen-bond acceptors (Lipinski definition) is 1. The first-order valence-electron chi connectivity index (χ1n) is 7.20. The van der Waals surface area contributed by atoms with Crippen LogP contribution in [0.4, 0.5) is 0 Å². The fourth-order valence-corrected chi connectivity index (χ4v) is 3.30. The van der Waals surface area contributed by atoms with Crippen molar-refractivity contribution in [2.45, 2.75) is 58.0 Å². The Labute approximate surface area is 119 Å². The Morgan fingerprint density at radius 2 is 2.00 bits per heavy atom. The van der Waals surface area contributed by atoms with Crippen LogP contribution in [0.3, 0.4) is 0 Å². The fraction of sp³-hybridized carbons (Fsp3) is 0.625. The molecule has 0 saturated heterocycles. The third-order valence-corrected chi connectivity index (χ3v) is 4.61. The maximum Gasteiger partial charge on any atom is 0.0320 e. The minimum atomic E-state index is 0.501. The summed E-state index contributed by atoms with van der Waals surface area (Å²) < 4.78 is 1.18. The zero-order valence-electron chi connectivity index (χ0n) is 11.5. The highest BCUT2D eigenvalue weighted by Crippen LogP contribution is 2.27. The second-order valence-corrected chi connectivity index (χ2v) is 6.55. The van der Waals surface area contributed by atoms with Crippen molar-refractivity contribution in [2.24, 2.45) is 5.92 Å². The molecule has 1 N–H and O–H groups in total. The van der Waals surface area contributed by atoms with Crippen LogP contribution in [0.2, 0.25) is 0 Å². The van der Waals surface area contributed by atoms with Gasteiger partial charge in [0.15, 0.2) is 0 Å². The lowest BCUT2D eigenvalue weighted by Crippen LogP contribution is -2.35. The molecule has 1 unspecified atom stereocenters. The van der Waals surface area contributed by atoms with Gasteiger partial charge in [0.1, 0.15) is 0 Å². The summed E-state index contributed by atoms with van der Waals surface area (Å²) in [4.78, 5) is 0. The number of benzene rings is 1. The first kappa shape index (κ1) is 14.1. The van der Waals surface area contributed by atoms with Gasteiger partial charge in [0.25, 0.3) is 0 Å². The molecule has 1 nitrogen and oxygen atoms in total. The molecule has 1 atom stereocenters. The molecule has 0 aliphatic heterocycles. The minimum Gasteiger partial charge on any atom is -0.307 e. The van der Waals surface area contributed by atoms with E-state index in [1.54, 1.807) is 0 Å². The van der Waals surface area contributed by atoms with Gasteiger partial charge >= 0.3 is 0 Å². The summed E-state index contributed by atoms with van der Waals surface area (Å²) in [5, 5.41) is 3.85. The third-order valence-electron chi connectivity index (χ3n) is 4.11. The molecule has 2 heteroatoms. The van der Waals surface area contributed by atoms with E-state index in [4.69, 9.17) is 0 Å². The van der Waals surface area contributed by atoms with E-state index in [9.17, 15) is 0 Å². The third kappa shape index (κ3) is 3.83. The van der Waals surface area contributed by atoms with Gasteiger partial charge in [-0.05, 0) is 55.7 Å². The largest absolute Gasteiger partial charge is 0.307 e. The first-order chi connectivity index (χ1) is 8.69. The molecule has 0 spiro atoms. The van der Waals surface area contributed by atoms with Gasteiger partial charge in [-0.1, -0.05) is 41.9 Å². The smallest absolute Gasteiger partial charge is 0.0320 e. The van der Waals surface area contributed by atoms with Crippen molar-refractivity contribution >= 4 is 15.9 Å². The highest BCUT2D eigenvalue weighted by molar-refractivity contribution is 9.10. The van der Waals surface area contributed by atoms with Crippen LogP contribution in [-0.2, 0) is 0 Å². The summed E-state index contributed by atoms with van der Waals surface area (Å²) in [6.07, 6.45) is 6.60. The predicted molar refractivity (Wildman–Crippen MR) is 81.7 cm³/mol. The lowest BCUT2D eigenvalue weighted by atomic mass is 9.86. The van der Waals surface area contributed by atoms with Gasteiger partial charge in [-0.25, -0.2) is 0 Å². The van der Waals surface area contributed by atoms with E-state index in [1.165, 1.54) is 35.7 Å². The number of rotatable bonds is 4. The lowest BCUT2D eigenvalue weighted by molar-refractivity contribution is 0.284. The average molecular weight is 310 g/mol. The van der Waals surface area contributed by atoms with Crippen molar-refractivity contribution in [3.05, 3.63) is 34.3 Å². The Balaban J connectivity index is 1.97. The number of hydrogen-bond donors (Lipinski definition) is 1. The zero-order chi connectivity index (χ0) is 13.0. The molecule has 1 aromatic carbocycles. The molecule has 1 aliphatic carbocycles. The SMILES string of the molecule is CCC(NC1CCC(C)CC1)c1cccc(Br)c1. The van der Waals surface area contributed by atoms with Crippen molar-refractivity contribution in [2.75, 3.05) is 0 Å². The summed E-state index contributed by atoms with van der Waals surface area (Å²) in [6, 6.07) is 9.92. The molecule has 0 radical (unpaired) electrons. The van der Waals surface area contributed by atoms with Crippen LogP contribution in [0.1, 0.15) is 57.6 Å². The molecule has 0 heterocycles. The van der Waals surface area contributed by atoms with E-state index in [0.717, 1.165) is 12.3 Å². The summed E-state index contributed by atoms with van der Waals surface area (Å²) >= 11 is 3.56. The summed E-state index contributed by atoms with van der Waals surface area (Å²) in [7, 11) is 0. The molecule has 0 aromatic heterocycles. The second-order valence-electron chi connectivity index (χ2n) is 5.64. The molecule has 0 amide bonds. The number of halogens is 1. The van der Waals surface area contributed by atoms with Crippen LogP contribution in [-0.4, -0.2) is 6.04 Å². The van der Waals surface area contributed by atoms with Crippen LogP contribution in [0.15, 0.2) is 28.7 Å². The van der Waals surface area contributed by atoms with Gasteiger partial charge in [-0.3, -0.25) is 0 Å². The Hall–Kier alpha value is -0.340. The molecule has 18 heavy (non-hydrogen) atoms. The highest BCUT2D eigenvalue weighted by Gasteiger charge is 2.21. The van der Waals surface area contributed by atoms with Crippen LogP contribution in [0.5, 0.6) is 0 Å². The molecule has 0 bridgehead atoms. The molecular weight excluding hydrogens is 286 g/mol. The van der Waals surface area contributed by atoms with Crippen molar-refractivity contribution in [1.29, 1.82) is 0 Å². The monoisotopic (exact) mass is 309 g/mol. The fourth-order valence-electron chi connectivity index (χ4n) is 2.88. The zero-order valence-corrected chi connectivity index (χ0v) is 13.0. The summed E-state index contributed by atoms with van der Waals surface area (Å²) in [6.45, 7) is 4.64. The topological polar surface area (TPSA) is 12.0 Å². The summed E-state index contributed by atoms with van der Waals surface area (Å²) in [5.41, 5.74) is 1.41. The van der Waals surface area contributed by atoms with Crippen LogP contribution in [0, 0.1) is 5.92 Å². The van der Waals surface area contributed by atoms with E-state index in [0.29, 0.717) is 12.1 Å². The standard InChI is InChI=1S/C16H24BrN/c1-3-16(13-5-4-6-14(17)11-13)18-15-9-7-12(2)8-10-15/h4-6,11-12,15-16,18H,3,7-10H2,1-2H3. The van der Waals surface area contributed by atoms with Gasteiger partial charge in [-0.15, -0.1) is 0 Å². The lowest BCUT2D eigenvalue weighted by Gasteiger charge is -2.31. The molecule has 100 valence electrons. The second kappa shape index (κ2) is 6.72. The van der Waals surface area contributed by atoms with E-state index in [2.05, 4.69) is 59.4 Å². The maximum atomic E-state index is 3.85. The Morgan fingerprint density at radius 1 is 1.28 bits per heavy atom. The average Bonchev–Trinajstić information content (AvgIpc) is 2.38. The Morgan fingerprint density at radius 3 is 2.61 bits per heavy atom. The van der Waals surface area contributed by atoms with Crippen molar-refractivity contribution < 1.29 is 0 Å². The van der Waals surface area contributed by atoms with E-state index in [1.807, 2.05) is 0 Å². The molecule has 2 rings (SSSR count). The maximum absolute atomic E-state index is 3.85. The van der Waals surface area contributed by atoms with Crippen LogP contribution < -0.4 is 5.32 Å². The van der Waals surface area contributed by atoms with E-state index >= 15 is 0 Å². The van der Waals surface area contributed by atoms with E-state index < -0.39 is 0 Å². The first-order valence-corrected chi connectivity index (χ1v) is 8.00. The highest BCUT2D eigenvalue weighted by atomic mass is 79.9. The van der Waals surface area contributed by atoms with Gasteiger partial charge in [0, 0.05) is 16.6 Å². The normalized spacial score (nSPS) is 25.9. The van der Waals surface area contributed by atoms with Gasteiger partial charge in [0.2, 0.25) is 0 Å². The van der Waals surface area contributed by atoms with Crippen LogP contribution >= 0.6 is 15.9 Å². The van der Waals surface area contributed by atoms with Crippen molar-refractivity contribution in [1.82, 2.24) is 5.32 Å². The van der Waals surface area contributed by atoms with Gasteiger partial charge in [0.05, 0.1) is 0 Å². The van der Waals surface area contributed by atoms with E-state index in [-0.39, 0.29) is 0 Å². The van der Waals surface area contributed by atoms with Gasteiger partial charge < -0.3 is 5.32 Å². The molecule has 1 fully saturated rings.